The van der Waals surface area contributed by atoms with E-state index in [-0.39, 0.29) is 18.6 Å². The number of rotatable bonds is 3. The molecule has 0 fully saturated rings. The topological polar surface area (TPSA) is 0 Å². The summed E-state index contributed by atoms with van der Waals surface area (Å²) in [5, 5.41) is 0. The van der Waals surface area contributed by atoms with Gasteiger partial charge in [-0.15, -0.1) is 0 Å². The summed E-state index contributed by atoms with van der Waals surface area (Å²) in [6.45, 7) is 2.25. The SMILES string of the molecule is CC/C1=C/CC/C=C\CC1.c1cc[c]([Pt][c]2ccccc2)cc1. The van der Waals surface area contributed by atoms with E-state index in [2.05, 4.69) is 85.8 Å². The third-order valence-corrected chi connectivity index (χ3v) is 6.45. The van der Waals surface area contributed by atoms with Crippen molar-refractivity contribution in [2.75, 3.05) is 0 Å². The molecule has 0 aliphatic heterocycles. The van der Waals surface area contributed by atoms with Crippen molar-refractivity contribution in [3.63, 3.8) is 0 Å². The Kier molecular flexibility index (Phi) is 8.74. The molecule has 0 saturated carbocycles. The summed E-state index contributed by atoms with van der Waals surface area (Å²) in [5.41, 5.74) is 1.64. The average Bonchev–Trinajstić information content (AvgIpc) is 2.57. The minimum atomic E-state index is 0.0186. The summed E-state index contributed by atoms with van der Waals surface area (Å²) in [6.07, 6.45) is 13.3. The van der Waals surface area contributed by atoms with Crippen molar-refractivity contribution in [1.29, 1.82) is 0 Å². The van der Waals surface area contributed by atoms with Gasteiger partial charge in [-0.25, -0.2) is 0 Å². The normalized spacial score (nSPS) is 17.9. The fourth-order valence-corrected chi connectivity index (χ4v) is 4.72. The van der Waals surface area contributed by atoms with Gasteiger partial charge in [0.25, 0.3) is 0 Å². The monoisotopic (exact) mass is 485 g/mol. The predicted molar refractivity (Wildman–Crippen MR) is 98.1 cm³/mol. The summed E-state index contributed by atoms with van der Waals surface area (Å²) in [4.78, 5) is 0. The van der Waals surface area contributed by atoms with E-state index in [1.54, 1.807) is 5.57 Å². The first-order valence-corrected chi connectivity index (χ1v) is 10.7. The van der Waals surface area contributed by atoms with Crippen LogP contribution in [0.4, 0.5) is 0 Å². The third-order valence-electron chi connectivity index (χ3n) is 3.63. The van der Waals surface area contributed by atoms with Crippen molar-refractivity contribution in [3.8, 4) is 0 Å². The van der Waals surface area contributed by atoms with Gasteiger partial charge in [0.1, 0.15) is 0 Å². The Balaban J connectivity index is 0.000000174. The number of hydrogen-bond donors (Lipinski definition) is 0. The van der Waals surface area contributed by atoms with Crippen LogP contribution in [0.5, 0.6) is 0 Å². The second-order valence-electron chi connectivity index (χ2n) is 5.40. The van der Waals surface area contributed by atoms with Crippen LogP contribution in [0.2, 0.25) is 0 Å². The van der Waals surface area contributed by atoms with Crippen LogP contribution < -0.4 is 7.91 Å². The molecule has 0 spiro atoms. The van der Waals surface area contributed by atoms with Gasteiger partial charge in [-0.3, -0.25) is 0 Å². The Hall–Kier alpha value is -1.39. The molecule has 23 heavy (non-hydrogen) atoms. The van der Waals surface area contributed by atoms with Gasteiger partial charge in [0.05, 0.1) is 0 Å². The molecule has 124 valence electrons. The van der Waals surface area contributed by atoms with Gasteiger partial charge in [-0.1, -0.05) is 30.7 Å². The molecule has 1 aliphatic carbocycles. The van der Waals surface area contributed by atoms with E-state index in [1.165, 1.54) is 40.0 Å². The molecule has 0 atom stereocenters. The van der Waals surface area contributed by atoms with Gasteiger partial charge >= 0.3 is 87.1 Å². The first kappa shape index (κ1) is 18.0. The molecule has 0 amide bonds. The van der Waals surface area contributed by atoms with Crippen molar-refractivity contribution in [2.24, 2.45) is 0 Å². The molecular formula is C22H26Pt. The zero-order valence-corrected chi connectivity index (χ0v) is 16.1. The molecule has 0 aromatic heterocycles. The van der Waals surface area contributed by atoms with E-state index in [9.17, 15) is 0 Å². The Morgan fingerprint density at radius 1 is 0.739 bits per heavy atom. The first-order chi connectivity index (χ1) is 11.4. The van der Waals surface area contributed by atoms with Gasteiger partial charge < -0.3 is 0 Å². The van der Waals surface area contributed by atoms with Crippen LogP contribution in [-0.2, 0) is 18.6 Å². The molecule has 0 heterocycles. The van der Waals surface area contributed by atoms with Gasteiger partial charge in [0, 0.05) is 0 Å². The molecule has 2 aromatic rings. The van der Waals surface area contributed by atoms with Gasteiger partial charge in [-0.05, 0) is 32.1 Å². The molecular weight excluding hydrogens is 459 g/mol. The molecule has 3 rings (SSSR count). The van der Waals surface area contributed by atoms with Crippen LogP contribution in [0, 0.1) is 0 Å². The third kappa shape index (κ3) is 7.62. The van der Waals surface area contributed by atoms with E-state index in [0.29, 0.717) is 0 Å². The summed E-state index contributed by atoms with van der Waals surface area (Å²) < 4.78 is 2.96. The number of benzene rings is 2. The van der Waals surface area contributed by atoms with Crippen molar-refractivity contribution < 1.29 is 18.6 Å². The Morgan fingerprint density at radius 2 is 1.30 bits per heavy atom. The fraction of sp³-hybridized carbons (Fsp3) is 0.273. The summed E-state index contributed by atoms with van der Waals surface area (Å²) >= 11 is 0.0186. The molecule has 1 heteroatoms. The molecule has 1 aliphatic rings. The van der Waals surface area contributed by atoms with E-state index in [4.69, 9.17) is 0 Å². The van der Waals surface area contributed by atoms with Crippen LogP contribution in [-0.4, -0.2) is 0 Å². The first-order valence-electron chi connectivity index (χ1n) is 8.40. The second kappa shape index (κ2) is 11.2. The van der Waals surface area contributed by atoms with E-state index < -0.39 is 0 Å². The number of allylic oxidation sites excluding steroid dienone is 4. The minimum absolute atomic E-state index is 0.0186. The molecule has 0 saturated heterocycles. The summed E-state index contributed by atoms with van der Waals surface area (Å²) in [6, 6.07) is 21.4. The zero-order valence-electron chi connectivity index (χ0n) is 13.9. The Morgan fingerprint density at radius 3 is 1.87 bits per heavy atom. The fourth-order valence-electron chi connectivity index (χ4n) is 2.33. The Labute approximate surface area is 149 Å². The van der Waals surface area contributed by atoms with E-state index in [1.807, 2.05) is 0 Å². The van der Waals surface area contributed by atoms with Gasteiger partial charge in [0.2, 0.25) is 0 Å². The molecule has 0 nitrogen and oxygen atoms in total. The summed E-state index contributed by atoms with van der Waals surface area (Å²) in [5.74, 6) is 0. The standard InChI is InChI=1S/C10H16.2C6H5.Pt/c1-2-10-8-6-4-3-5-7-9-10;2*1-2-4-6-5-3-1;/h3-4,9H,2,5-8H2,1H3;2*1-5H;/b4-3-,10-9-;;;. The van der Waals surface area contributed by atoms with Crippen molar-refractivity contribution in [2.45, 2.75) is 39.0 Å². The van der Waals surface area contributed by atoms with Crippen LogP contribution in [0.15, 0.2) is 84.5 Å². The van der Waals surface area contributed by atoms with Crippen LogP contribution in [0.25, 0.3) is 0 Å². The maximum absolute atomic E-state index is 2.41. The Bertz CT molecular complexity index is 559. The number of hydrogen-bond acceptors (Lipinski definition) is 0. The average molecular weight is 486 g/mol. The zero-order chi connectivity index (χ0) is 16.2. The quantitative estimate of drug-likeness (QED) is 0.526. The van der Waals surface area contributed by atoms with Crippen molar-refractivity contribution in [1.82, 2.24) is 0 Å². The van der Waals surface area contributed by atoms with Crippen LogP contribution in [0.1, 0.15) is 39.0 Å². The van der Waals surface area contributed by atoms with Gasteiger partial charge in [-0.2, -0.15) is 0 Å². The molecule has 0 N–H and O–H groups in total. The van der Waals surface area contributed by atoms with E-state index in [0.717, 1.165) is 0 Å². The predicted octanol–water partition coefficient (Wildman–Crippen LogP) is 5.17. The van der Waals surface area contributed by atoms with Crippen molar-refractivity contribution in [3.05, 3.63) is 84.5 Å². The molecule has 0 bridgehead atoms. The molecule has 0 unspecified atom stereocenters. The van der Waals surface area contributed by atoms with E-state index >= 15 is 0 Å². The van der Waals surface area contributed by atoms with Crippen molar-refractivity contribution >= 4 is 7.91 Å². The molecule has 2 aromatic carbocycles. The van der Waals surface area contributed by atoms with Crippen LogP contribution in [0.3, 0.4) is 0 Å². The summed E-state index contributed by atoms with van der Waals surface area (Å²) in [7, 11) is 0. The molecule has 0 radical (unpaired) electrons. The maximum atomic E-state index is 2.41. The second-order valence-corrected chi connectivity index (χ2v) is 8.59. The van der Waals surface area contributed by atoms with Crippen LogP contribution >= 0.6 is 0 Å². The van der Waals surface area contributed by atoms with Gasteiger partial charge in [0.15, 0.2) is 0 Å².